The maximum atomic E-state index is 11.2. The highest BCUT2D eigenvalue weighted by Crippen LogP contribution is 2.26. The lowest BCUT2D eigenvalue weighted by molar-refractivity contribution is -0.384. The van der Waals surface area contributed by atoms with Gasteiger partial charge in [-0.05, 0) is 6.07 Å². The van der Waals surface area contributed by atoms with Gasteiger partial charge in [-0.15, -0.1) is 0 Å². The minimum atomic E-state index is -1.13. The number of ether oxygens (including phenoxy) is 1. The second kappa shape index (κ2) is 4.91. The Bertz CT molecular complexity index is 436. The van der Waals surface area contributed by atoms with Crippen molar-refractivity contribution in [1.82, 2.24) is 0 Å². The van der Waals surface area contributed by atoms with Gasteiger partial charge >= 0.3 is 5.97 Å². The van der Waals surface area contributed by atoms with Crippen LogP contribution in [-0.4, -0.2) is 18.0 Å². The van der Waals surface area contributed by atoms with Crippen molar-refractivity contribution in [2.24, 2.45) is 5.73 Å². The number of esters is 1. The zero-order valence-electron chi connectivity index (χ0n) is 8.34. The molecule has 0 radical (unpaired) electrons. The number of hydrogen-bond acceptors (Lipinski definition) is 5. The Labute approximate surface area is 96.1 Å². The van der Waals surface area contributed by atoms with E-state index in [9.17, 15) is 14.9 Å². The standard InChI is InChI=1S/C9H9ClN2O4/c1-16-9(13)8(11)6-4-5(12(14)15)2-3-7(6)10/h2-4,8H,11H2,1H3/t8-/m1/s1. The number of rotatable bonds is 3. The monoisotopic (exact) mass is 244 g/mol. The maximum absolute atomic E-state index is 11.2. The van der Waals surface area contributed by atoms with Crippen LogP contribution in [0.1, 0.15) is 11.6 Å². The number of benzene rings is 1. The fourth-order valence-electron chi connectivity index (χ4n) is 1.14. The second-order valence-corrected chi connectivity index (χ2v) is 3.37. The van der Waals surface area contributed by atoms with Gasteiger partial charge in [0.1, 0.15) is 6.04 Å². The Balaban J connectivity index is 3.16. The molecule has 0 amide bonds. The molecular formula is C9H9ClN2O4. The zero-order valence-corrected chi connectivity index (χ0v) is 9.10. The first kappa shape index (κ1) is 12.4. The SMILES string of the molecule is COC(=O)[C@H](N)c1cc([N+](=O)[O-])ccc1Cl. The van der Waals surface area contributed by atoms with Gasteiger partial charge in [0.05, 0.1) is 12.0 Å². The highest BCUT2D eigenvalue weighted by molar-refractivity contribution is 6.31. The van der Waals surface area contributed by atoms with E-state index >= 15 is 0 Å². The van der Waals surface area contributed by atoms with Crippen molar-refractivity contribution in [2.75, 3.05) is 7.11 Å². The van der Waals surface area contributed by atoms with Crippen LogP contribution in [0.15, 0.2) is 18.2 Å². The lowest BCUT2D eigenvalue weighted by Gasteiger charge is -2.10. The van der Waals surface area contributed by atoms with Crippen molar-refractivity contribution in [1.29, 1.82) is 0 Å². The fourth-order valence-corrected chi connectivity index (χ4v) is 1.37. The van der Waals surface area contributed by atoms with Crippen molar-refractivity contribution in [2.45, 2.75) is 6.04 Å². The van der Waals surface area contributed by atoms with E-state index in [4.69, 9.17) is 17.3 Å². The van der Waals surface area contributed by atoms with Gasteiger partial charge in [0, 0.05) is 22.7 Å². The lowest BCUT2D eigenvalue weighted by Crippen LogP contribution is -2.23. The highest BCUT2D eigenvalue weighted by atomic mass is 35.5. The molecule has 86 valence electrons. The molecule has 0 aliphatic heterocycles. The van der Waals surface area contributed by atoms with Gasteiger partial charge < -0.3 is 10.5 Å². The Morgan fingerprint density at radius 1 is 1.62 bits per heavy atom. The molecule has 16 heavy (non-hydrogen) atoms. The van der Waals surface area contributed by atoms with Crippen LogP contribution >= 0.6 is 11.6 Å². The number of nitro groups is 1. The fraction of sp³-hybridized carbons (Fsp3) is 0.222. The highest BCUT2D eigenvalue weighted by Gasteiger charge is 2.21. The number of hydrogen-bond donors (Lipinski definition) is 1. The summed E-state index contributed by atoms with van der Waals surface area (Å²) in [6.45, 7) is 0. The van der Waals surface area contributed by atoms with E-state index in [1.165, 1.54) is 19.2 Å². The quantitative estimate of drug-likeness (QED) is 0.493. The van der Waals surface area contributed by atoms with Crippen LogP contribution in [0.3, 0.4) is 0 Å². The van der Waals surface area contributed by atoms with E-state index in [1.54, 1.807) is 0 Å². The summed E-state index contributed by atoms with van der Waals surface area (Å²) in [5, 5.41) is 10.7. The van der Waals surface area contributed by atoms with Gasteiger partial charge in [-0.2, -0.15) is 0 Å². The minimum Gasteiger partial charge on any atom is -0.468 e. The number of nitrogens with zero attached hydrogens (tertiary/aromatic N) is 1. The van der Waals surface area contributed by atoms with Gasteiger partial charge in [-0.1, -0.05) is 11.6 Å². The topological polar surface area (TPSA) is 95.5 Å². The smallest absolute Gasteiger partial charge is 0.327 e. The maximum Gasteiger partial charge on any atom is 0.327 e. The lowest BCUT2D eigenvalue weighted by atomic mass is 10.1. The molecule has 0 saturated heterocycles. The third kappa shape index (κ3) is 2.47. The number of carbonyl (C=O) groups excluding carboxylic acids is 1. The van der Waals surface area contributed by atoms with E-state index in [0.29, 0.717) is 0 Å². The average molecular weight is 245 g/mol. The molecule has 0 fully saturated rings. The van der Waals surface area contributed by atoms with Crippen molar-refractivity contribution in [3.05, 3.63) is 38.9 Å². The second-order valence-electron chi connectivity index (χ2n) is 2.96. The number of nitro benzene ring substituents is 1. The summed E-state index contributed by atoms with van der Waals surface area (Å²) in [6.07, 6.45) is 0. The van der Waals surface area contributed by atoms with Crippen LogP contribution in [0, 0.1) is 10.1 Å². The van der Waals surface area contributed by atoms with Crippen LogP contribution in [0.4, 0.5) is 5.69 Å². The van der Waals surface area contributed by atoms with Gasteiger partial charge in [-0.25, -0.2) is 0 Å². The van der Waals surface area contributed by atoms with E-state index in [2.05, 4.69) is 4.74 Å². The summed E-state index contributed by atoms with van der Waals surface area (Å²) in [5.41, 5.74) is 5.52. The van der Waals surface area contributed by atoms with Gasteiger partial charge in [0.15, 0.2) is 0 Å². The Hall–Kier alpha value is -1.66. The number of non-ortho nitro benzene ring substituents is 1. The first-order valence-corrected chi connectivity index (χ1v) is 4.62. The molecule has 1 aromatic rings. The van der Waals surface area contributed by atoms with Gasteiger partial charge in [0.2, 0.25) is 0 Å². The van der Waals surface area contributed by atoms with Crippen LogP contribution in [-0.2, 0) is 9.53 Å². The first-order chi connectivity index (χ1) is 7.47. The van der Waals surface area contributed by atoms with E-state index in [0.717, 1.165) is 6.07 Å². The average Bonchev–Trinajstić information content (AvgIpc) is 2.27. The Kier molecular flexibility index (Phi) is 3.81. The molecule has 1 atom stereocenters. The Morgan fingerprint density at radius 3 is 2.75 bits per heavy atom. The predicted octanol–water partition coefficient (Wildman–Crippen LogP) is 1.42. The molecular weight excluding hydrogens is 236 g/mol. The molecule has 0 aliphatic carbocycles. The van der Waals surface area contributed by atoms with Crippen LogP contribution in [0.25, 0.3) is 0 Å². The summed E-state index contributed by atoms with van der Waals surface area (Å²) < 4.78 is 4.43. The van der Waals surface area contributed by atoms with Gasteiger partial charge in [-0.3, -0.25) is 14.9 Å². The van der Waals surface area contributed by atoms with E-state index in [1.807, 2.05) is 0 Å². The summed E-state index contributed by atoms with van der Waals surface area (Å²) in [4.78, 5) is 21.1. The third-order valence-corrected chi connectivity index (χ3v) is 2.32. The summed E-state index contributed by atoms with van der Waals surface area (Å²) in [5.74, 6) is -0.706. The number of halogens is 1. The largest absolute Gasteiger partial charge is 0.468 e. The zero-order chi connectivity index (χ0) is 12.3. The van der Waals surface area contributed by atoms with E-state index in [-0.39, 0.29) is 16.3 Å². The first-order valence-electron chi connectivity index (χ1n) is 4.24. The normalized spacial score (nSPS) is 11.9. The van der Waals surface area contributed by atoms with Crippen molar-refractivity contribution >= 4 is 23.3 Å². The molecule has 1 rings (SSSR count). The van der Waals surface area contributed by atoms with Crippen LogP contribution in [0.2, 0.25) is 5.02 Å². The molecule has 0 spiro atoms. The summed E-state index contributed by atoms with van der Waals surface area (Å²) >= 11 is 5.79. The molecule has 0 saturated carbocycles. The molecule has 0 bridgehead atoms. The van der Waals surface area contributed by atoms with Crippen LogP contribution in [0.5, 0.6) is 0 Å². The van der Waals surface area contributed by atoms with Crippen molar-refractivity contribution in [3.63, 3.8) is 0 Å². The summed E-state index contributed by atoms with van der Waals surface area (Å²) in [7, 11) is 1.17. The minimum absolute atomic E-state index is 0.169. The Morgan fingerprint density at radius 2 is 2.25 bits per heavy atom. The predicted molar refractivity (Wildman–Crippen MR) is 57.1 cm³/mol. The van der Waals surface area contributed by atoms with Gasteiger partial charge in [0.25, 0.3) is 5.69 Å². The van der Waals surface area contributed by atoms with Crippen LogP contribution < -0.4 is 5.73 Å². The van der Waals surface area contributed by atoms with E-state index < -0.39 is 16.9 Å². The molecule has 0 unspecified atom stereocenters. The molecule has 1 aromatic carbocycles. The third-order valence-electron chi connectivity index (χ3n) is 1.98. The van der Waals surface area contributed by atoms with Crippen molar-refractivity contribution < 1.29 is 14.5 Å². The number of carbonyl (C=O) groups is 1. The molecule has 6 nitrogen and oxygen atoms in total. The number of nitrogens with two attached hydrogens (primary N) is 1. The molecule has 0 aromatic heterocycles. The molecule has 0 heterocycles. The summed E-state index contributed by atoms with van der Waals surface area (Å²) in [6, 6.07) is 2.58. The van der Waals surface area contributed by atoms with Crippen molar-refractivity contribution in [3.8, 4) is 0 Å². The molecule has 7 heteroatoms. The molecule has 2 N–H and O–H groups in total. The molecule has 0 aliphatic rings. The number of methoxy groups -OCH3 is 1.